The van der Waals surface area contributed by atoms with Gasteiger partial charge in [-0.05, 0) is 62.7 Å². The van der Waals surface area contributed by atoms with Crippen molar-refractivity contribution in [1.82, 2.24) is 13.9 Å². The fourth-order valence-corrected chi connectivity index (χ4v) is 5.87. The van der Waals surface area contributed by atoms with Gasteiger partial charge in [0.2, 0.25) is 0 Å². The number of likely N-dealkylation sites (tertiary alicyclic amines) is 1. The van der Waals surface area contributed by atoms with E-state index in [0.717, 1.165) is 31.4 Å². The number of likely N-dealkylation sites (N-methyl/N-ethyl adjacent to an activating group) is 1. The number of anilines is 1. The van der Waals surface area contributed by atoms with Crippen molar-refractivity contribution in [3.8, 4) is 5.75 Å². The molecule has 1 atom stereocenters. The van der Waals surface area contributed by atoms with E-state index in [9.17, 15) is 13.2 Å². The molecule has 1 N–H and O–H groups in total. The van der Waals surface area contributed by atoms with E-state index in [4.69, 9.17) is 4.74 Å². The van der Waals surface area contributed by atoms with Crippen molar-refractivity contribution in [3.63, 3.8) is 0 Å². The van der Waals surface area contributed by atoms with Crippen LogP contribution in [0.5, 0.6) is 5.75 Å². The zero-order valence-electron chi connectivity index (χ0n) is 16.5. The molecule has 4 heterocycles. The van der Waals surface area contributed by atoms with Gasteiger partial charge in [0.15, 0.2) is 12.4 Å². The summed E-state index contributed by atoms with van der Waals surface area (Å²) in [6, 6.07) is 8.59. The highest BCUT2D eigenvalue weighted by Gasteiger charge is 2.30. The second kappa shape index (κ2) is 7.10. The first-order chi connectivity index (χ1) is 14.4. The predicted octanol–water partition coefficient (Wildman–Crippen LogP) is 2.24. The fraction of sp³-hybridized carbons (Fsp3) is 0.333. The SMILES string of the molecule is CN1CCC[C@H]1Cc1cn(S(=O)(=O)c2cccc3c2OCC(=O)N3)c2cccnc12. The van der Waals surface area contributed by atoms with Gasteiger partial charge in [-0.25, -0.2) is 12.4 Å². The fourth-order valence-electron chi connectivity index (χ4n) is 4.33. The monoisotopic (exact) mass is 426 g/mol. The summed E-state index contributed by atoms with van der Waals surface area (Å²) in [5.74, 6) is -0.143. The molecule has 3 aromatic rings. The summed E-state index contributed by atoms with van der Waals surface area (Å²) < 4.78 is 34.1. The number of hydrogen-bond donors (Lipinski definition) is 1. The Balaban J connectivity index is 1.63. The molecule has 0 spiro atoms. The van der Waals surface area contributed by atoms with Crippen molar-refractivity contribution >= 4 is 32.7 Å². The van der Waals surface area contributed by atoms with E-state index in [1.807, 2.05) is 0 Å². The first-order valence-corrected chi connectivity index (χ1v) is 11.4. The van der Waals surface area contributed by atoms with Crippen LogP contribution in [0.2, 0.25) is 0 Å². The molecule has 2 aliphatic rings. The van der Waals surface area contributed by atoms with Crippen LogP contribution in [0.25, 0.3) is 11.0 Å². The Kier molecular flexibility index (Phi) is 4.52. The number of pyridine rings is 1. The molecule has 1 aromatic carbocycles. The number of carbonyl (C=O) groups is 1. The third-order valence-electron chi connectivity index (χ3n) is 5.87. The molecular formula is C21H22N4O4S. The van der Waals surface area contributed by atoms with E-state index in [1.165, 1.54) is 10.0 Å². The van der Waals surface area contributed by atoms with Gasteiger partial charge in [0.25, 0.3) is 15.9 Å². The number of nitrogens with one attached hydrogen (secondary N) is 1. The van der Waals surface area contributed by atoms with E-state index in [-0.39, 0.29) is 23.2 Å². The zero-order chi connectivity index (χ0) is 20.9. The molecule has 0 saturated carbocycles. The van der Waals surface area contributed by atoms with Gasteiger partial charge >= 0.3 is 0 Å². The molecule has 1 amide bonds. The summed E-state index contributed by atoms with van der Waals surface area (Å²) in [7, 11) is -1.86. The number of rotatable bonds is 4. The molecular weight excluding hydrogens is 404 g/mol. The lowest BCUT2D eigenvalue weighted by Gasteiger charge is -2.21. The van der Waals surface area contributed by atoms with Gasteiger partial charge in [0, 0.05) is 18.4 Å². The van der Waals surface area contributed by atoms with Gasteiger partial charge < -0.3 is 15.0 Å². The number of hydrogen-bond acceptors (Lipinski definition) is 6. The summed E-state index contributed by atoms with van der Waals surface area (Å²) in [4.78, 5) is 18.4. The van der Waals surface area contributed by atoms with E-state index in [0.29, 0.717) is 22.8 Å². The van der Waals surface area contributed by atoms with E-state index >= 15 is 0 Å². The topological polar surface area (TPSA) is 93.5 Å². The van der Waals surface area contributed by atoms with E-state index < -0.39 is 10.0 Å². The van der Waals surface area contributed by atoms with Crippen LogP contribution in [0.15, 0.2) is 47.6 Å². The molecule has 1 fully saturated rings. The van der Waals surface area contributed by atoms with Crippen molar-refractivity contribution in [2.75, 3.05) is 25.5 Å². The summed E-state index contributed by atoms with van der Waals surface area (Å²) in [6.45, 7) is 0.834. The maximum absolute atomic E-state index is 13.6. The maximum atomic E-state index is 13.6. The van der Waals surface area contributed by atoms with Gasteiger partial charge in [-0.15, -0.1) is 0 Å². The Morgan fingerprint density at radius 1 is 1.27 bits per heavy atom. The normalized spacial score (nSPS) is 19.5. The molecule has 9 heteroatoms. The van der Waals surface area contributed by atoms with Gasteiger partial charge in [0.05, 0.1) is 16.7 Å². The van der Waals surface area contributed by atoms with Crippen LogP contribution < -0.4 is 10.1 Å². The lowest BCUT2D eigenvalue weighted by molar-refractivity contribution is -0.118. The molecule has 0 radical (unpaired) electrons. The Morgan fingerprint density at radius 3 is 2.93 bits per heavy atom. The predicted molar refractivity (Wildman–Crippen MR) is 112 cm³/mol. The van der Waals surface area contributed by atoms with E-state index in [1.54, 1.807) is 36.7 Å². The third kappa shape index (κ3) is 3.05. The zero-order valence-corrected chi connectivity index (χ0v) is 17.4. The molecule has 8 nitrogen and oxygen atoms in total. The van der Waals surface area contributed by atoms with Crippen LogP contribution >= 0.6 is 0 Å². The number of ether oxygens (including phenoxy) is 1. The summed E-state index contributed by atoms with van der Waals surface area (Å²) in [6.07, 6.45) is 6.34. The van der Waals surface area contributed by atoms with Crippen molar-refractivity contribution in [1.29, 1.82) is 0 Å². The van der Waals surface area contributed by atoms with Crippen molar-refractivity contribution in [3.05, 3.63) is 48.3 Å². The van der Waals surface area contributed by atoms with E-state index in [2.05, 4.69) is 22.2 Å². The lowest BCUT2D eigenvalue weighted by atomic mass is 10.1. The standard InChI is InChI=1S/C21H22N4O4S/c1-24-10-4-5-15(24)11-14-12-25(17-7-3-9-22-20(14)17)30(27,28)18-8-2-6-16-21(18)29-13-19(26)23-16/h2-3,6-9,12,15H,4-5,10-11,13H2,1H3,(H,23,26)/t15-/m0/s1. The summed E-state index contributed by atoms with van der Waals surface area (Å²) in [5, 5.41) is 2.66. The molecule has 2 aromatic heterocycles. The van der Waals surface area contributed by atoms with Crippen LogP contribution in [0, 0.1) is 0 Å². The molecule has 0 aliphatic carbocycles. The van der Waals surface area contributed by atoms with Crippen molar-refractivity contribution in [2.24, 2.45) is 0 Å². The Bertz CT molecular complexity index is 1250. The maximum Gasteiger partial charge on any atom is 0.271 e. The first-order valence-electron chi connectivity index (χ1n) is 9.91. The minimum absolute atomic E-state index is 0.0188. The third-order valence-corrected chi connectivity index (χ3v) is 7.56. The van der Waals surface area contributed by atoms with Crippen LogP contribution in [-0.4, -0.2) is 54.4 Å². The molecule has 5 rings (SSSR count). The minimum Gasteiger partial charge on any atom is -0.480 e. The number of para-hydroxylation sites is 1. The second-order valence-corrected chi connectivity index (χ2v) is 9.56. The number of fused-ring (bicyclic) bond motifs is 2. The van der Waals surface area contributed by atoms with Gasteiger partial charge in [0.1, 0.15) is 4.90 Å². The number of benzene rings is 1. The lowest BCUT2D eigenvalue weighted by Crippen LogP contribution is -2.27. The Hall–Kier alpha value is -2.91. The van der Waals surface area contributed by atoms with Crippen LogP contribution in [0.1, 0.15) is 18.4 Å². The molecule has 30 heavy (non-hydrogen) atoms. The van der Waals surface area contributed by atoms with Crippen LogP contribution in [0.4, 0.5) is 5.69 Å². The number of amides is 1. The largest absolute Gasteiger partial charge is 0.480 e. The highest BCUT2D eigenvalue weighted by atomic mass is 32.2. The molecule has 1 saturated heterocycles. The van der Waals surface area contributed by atoms with Gasteiger partial charge in [-0.1, -0.05) is 6.07 Å². The molecule has 0 unspecified atom stereocenters. The summed E-state index contributed by atoms with van der Waals surface area (Å²) in [5.41, 5.74) is 2.49. The van der Waals surface area contributed by atoms with Crippen molar-refractivity contribution in [2.45, 2.75) is 30.2 Å². The van der Waals surface area contributed by atoms with Crippen LogP contribution in [-0.2, 0) is 21.2 Å². The second-order valence-electron chi connectivity index (χ2n) is 7.78. The number of nitrogens with zero attached hydrogens (tertiary/aromatic N) is 3. The Labute approximate surface area is 174 Å². The Morgan fingerprint density at radius 2 is 2.13 bits per heavy atom. The number of carbonyl (C=O) groups excluding carboxylic acids is 1. The molecule has 2 aliphatic heterocycles. The molecule has 156 valence electrons. The first kappa shape index (κ1) is 19.1. The minimum atomic E-state index is -3.96. The molecule has 0 bridgehead atoms. The summed E-state index contributed by atoms with van der Waals surface area (Å²) >= 11 is 0. The highest BCUT2D eigenvalue weighted by molar-refractivity contribution is 7.90. The van der Waals surface area contributed by atoms with Crippen LogP contribution in [0.3, 0.4) is 0 Å². The highest BCUT2D eigenvalue weighted by Crippen LogP contribution is 2.37. The average molecular weight is 426 g/mol. The quantitative estimate of drug-likeness (QED) is 0.688. The van der Waals surface area contributed by atoms with Gasteiger partial charge in [-0.3, -0.25) is 9.78 Å². The number of aromatic nitrogens is 2. The van der Waals surface area contributed by atoms with Gasteiger partial charge in [-0.2, -0.15) is 0 Å². The van der Waals surface area contributed by atoms with Crippen molar-refractivity contribution < 1.29 is 17.9 Å². The smallest absolute Gasteiger partial charge is 0.271 e. The average Bonchev–Trinajstić information content (AvgIpc) is 3.32.